The Bertz CT molecular complexity index is 1180. The Kier molecular flexibility index (Phi) is 8.68. The van der Waals surface area contributed by atoms with E-state index in [1.165, 1.54) is 23.1 Å². The highest BCUT2D eigenvalue weighted by molar-refractivity contribution is 5.96. The Morgan fingerprint density at radius 3 is 2.42 bits per heavy atom. The fraction of sp³-hybridized carbons (Fsp3) is 0.370. The molecule has 0 radical (unpaired) electrons. The number of benzene rings is 2. The quantitative estimate of drug-likeness (QED) is 0.405. The van der Waals surface area contributed by atoms with E-state index in [4.69, 9.17) is 9.84 Å². The molecular formula is C27H34FN5O3. The van der Waals surface area contributed by atoms with Gasteiger partial charge in [-0.1, -0.05) is 40.2 Å². The largest absolute Gasteiger partial charge is 0.497 e. The first-order chi connectivity index (χ1) is 17.1. The molecule has 36 heavy (non-hydrogen) atoms. The zero-order valence-electron chi connectivity index (χ0n) is 21.5. The summed E-state index contributed by atoms with van der Waals surface area (Å²) in [4.78, 5) is 27.4. The van der Waals surface area contributed by atoms with E-state index >= 15 is 0 Å². The summed E-state index contributed by atoms with van der Waals surface area (Å²) in [5.41, 5.74) is 1.65. The number of ether oxygens (including phenoxy) is 1. The van der Waals surface area contributed by atoms with Crippen LogP contribution in [0, 0.1) is 5.82 Å². The van der Waals surface area contributed by atoms with Crippen LogP contribution in [0.5, 0.6) is 5.75 Å². The van der Waals surface area contributed by atoms with Crippen molar-refractivity contribution in [2.24, 2.45) is 0 Å². The van der Waals surface area contributed by atoms with Crippen LogP contribution in [0.3, 0.4) is 0 Å². The number of urea groups is 1. The van der Waals surface area contributed by atoms with E-state index in [1.54, 1.807) is 17.9 Å². The molecule has 3 aromatic rings. The van der Waals surface area contributed by atoms with Crippen molar-refractivity contribution < 1.29 is 18.7 Å². The number of nitrogens with zero attached hydrogens (tertiary/aromatic N) is 3. The molecule has 1 aromatic heterocycles. The van der Waals surface area contributed by atoms with Gasteiger partial charge in [0.2, 0.25) is 5.91 Å². The van der Waals surface area contributed by atoms with Gasteiger partial charge in [0.1, 0.15) is 23.9 Å². The molecule has 192 valence electrons. The maximum atomic E-state index is 13.5. The Morgan fingerprint density at radius 1 is 1.08 bits per heavy atom. The number of halogens is 1. The molecule has 0 spiro atoms. The summed E-state index contributed by atoms with van der Waals surface area (Å²) < 4.78 is 20.4. The minimum Gasteiger partial charge on any atom is -0.497 e. The molecule has 0 saturated heterocycles. The SMILES string of the molecule is CCCCN(CC(=O)Nc1cc(C(C)(C)C)nn1-c1ccc(OC)cc1)C(=O)Nc1cccc(F)c1. The van der Waals surface area contributed by atoms with Crippen LogP contribution in [-0.4, -0.2) is 46.8 Å². The summed E-state index contributed by atoms with van der Waals surface area (Å²) in [5.74, 6) is 0.391. The van der Waals surface area contributed by atoms with Gasteiger partial charge >= 0.3 is 6.03 Å². The summed E-state index contributed by atoms with van der Waals surface area (Å²) in [6.45, 7) is 8.35. The van der Waals surface area contributed by atoms with Crippen LogP contribution in [0.15, 0.2) is 54.6 Å². The van der Waals surface area contributed by atoms with E-state index in [1.807, 2.05) is 58.0 Å². The maximum Gasteiger partial charge on any atom is 0.322 e. The maximum absolute atomic E-state index is 13.5. The van der Waals surface area contributed by atoms with E-state index in [0.717, 1.165) is 24.2 Å². The number of methoxy groups -OCH3 is 1. The van der Waals surface area contributed by atoms with E-state index in [9.17, 15) is 14.0 Å². The van der Waals surface area contributed by atoms with Crippen LogP contribution in [-0.2, 0) is 10.2 Å². The van der Waals surface area contributed by atoms with Crippen LogP contribution in [0.1, 0.15) is 46.2 Å². The second-order valence-corrected chi connectivity index (χ2v) is 9.54. The van der Waals surface area contributed by atoms with Crippen molar-refractivity contribution in [3.05, 3.63) is 66.1 Å². The standard InChI is InChI=1S/C27H34FN5O3/c1-6-7-15-32(26(35)29-20-10-8-9-19(28)16-20)18-25(34)30-24-17-23(27(2,3)4)31-33(24)21-11-13-22(36-5)14-12-21/h8-14,16-17H,6-7,15,18H2,1-5H3,(H,29,35)(H,30,34). The lowest BCUT2D eigenvalue weighted by molar-refractivity contribution is -0.116. The third-order valence-electron chi connectivity index (χ3n) is 5.54. The smallest absolute Gasteiger partial charge is 0.322 e. The first-order valence-electron chi connectivity index (χ1n) is 12.0. The van der Waals surface area contributed by atoms with E-state index in [2.05, 4.69) is 10.6 Å². The van der Waals surface area contributed by atoms with Gasteiger partial charge in [-0.25, -0.2) is 13.9 Å². The Balaban J connectivity index is 1.80. The van der Waals surface area contributed by atoms with Crippen molar-refractivity contribution in [2.45, 2.75) is 46.0 Å². The van der Waals surface area contributed by atoms with Gasteiger partial charge in [-0.2, -0.15) is 5.10 Å². The van der Waals surface area contributed by atoms with Gasteiger partial charge in [-0.3, -0.25) is 4.79 Å². The molecule has 0 fully saturated rings. The van der Waals surface area contributed by atoms with Crippen molar-refractivity contribution in [2.75, 3.05) is 30.8 Å². The lowest BCUT2D eigenvalue weighted by Gasteiger charge is -2.22. The molecule has 8 nitrogen and oxygen atoms in total. The number of aromatic nitrogens is 2. The van der Waals surface area contributed by atoms with Crippen LogP contribution in [0.4, 0.5) is 20.7 Å². The van der Waals surface area contributed by atoms with Crippen molar-refractivity contribution in [3.63, 3.8) is 0 Å². The van der Waals surface area contributed by atoms with E-state index in [0.29, 0.717) is 23.8 Å². The van der Waals surface area contributed by atoms with E-state index < -0.39 is 11.8 Å². The van der Waals surface area contributed by atoms with Gasteiger partial charge < -0.3 is 20.3 Å². The number of carbonyl (C=O) groups is 2. The number of carbonyl (C=O) groups excluding carboxylic acids is 2. The fourth-order valence-corrected chi connectivity index (χ4v) is 3.48. The average Bonchev–Trinajstić information content (AvgIpc) is 3.26. The summed E-state index contributed by atoms with van der Waals surface area (Å²) in [6, 6.07) is 14.4. The second-order valence-electron chi connectivity index (χ2n) is 9.54. The molecule has 0 saturated carbocycles. The van der Waals surface area contributed by atoms with Crippen LogP contribution in [0.25, 0.3) is 5.69 Å². The Morgan fingerprint density at radius 2 is 1.81 bits per heavy atom. The number of hydrogen-bond acceptors (Lipinski definition) is 4. The van der Waals surface area contributed by atoms with Gasteiger partial charge in [-0.05, 0) is 48.9 Å². The normalized spacial score (nSPS) is 11.2. The second kappa shape index (κ2) is 11.7. The zero-order chi connectivity index (χ0) is 26.3. The molecule has 9 heteroatoms. The van der Waals surface area contributed by atoms with Crippen LogP contribution < -0.4 is 15.4 Å². The lowest BCUT2D eigenvalue weighted by Crippen LogP contribution is -2.41. The van der Waals surface area contributed by atoms with Crippen molar-refractivity contribution in [1.82, 2.24) is 14.7 Å². The molecule has 3 amide bonds. The molecule has 0 aliphatic carbocycles. The third-order valence-corrected chi connectivity index (χ3v) is 5.54. The summed E-state index contributed by atoms with van der Waals surface area (Å²) >= 11 is 0. The minimum absolute atomic E-state index is 0.167. The molecule has 1 heterocycles. The van der Waals surface area contributed by atoms with Crippen molar-refractivity contribution >= 4 is 23.4 Å². The molecule has 0 unspecified atom stereocenters. The number of unbranched alkanes of at least 4 members (excludes halogenated alkanes) is 1. The van der Waals surface area contributed by atoms with Gasteiger partial charge in [0.05, 0.1) is 18.5 Å². The number of anilines is 2. The van der Waals surface area contributed by atoms with Crippen molar-refractivity contribution in [1.29, 1.82) is 0 Å². The first-order valence-corrected chi connectivity index (χ1v) is 12.0. The molecule has 2 N–H and O–H groups in total. The van der Waals surface area contributed by atoms with Gasteiger partial charge in [0, 0.05) is 23.7 Å². The Labute approximate surface area is 211 Å². The third kappa shape index (κ3) is 7.07. The zero-order valence-corrected chi connectivity index (χ0v) is 21.5. The highest BCUT2D eigenvalue weighted by Gasteiger charge is 2.23. The van der Waals surface area contributed by atoms with Crippen LogP contribution >= 0.6 is 0 Å². The number of amides is 3. The molecule has 3 rings (SSSR count). The molecule has 2 aromatic carbocycles. The predicted octanol–water partition coefficient (Wildman–Crippen LogP) is 5.59. The molecule has 0 atom stereocenters. The predicted molar refractivity (Wildman–Crippen MR) is 139 cm³/mol. The highest BCUT2D eigenvalue weighted by Crippen LogP contribution is 2.27. The molecule has 0 aliphatic heterocycles. The molecule has 0 bridgehead atoms. The molecule has 0 aliphatic rings. The minimum atomic E-state index is -0.469. The summed E-state index contributed by atoms with van der Waals surface area (Å²) in [6.07, 6.45) is 1.58. The number of rotatable bonds is 9. The van der Waals surface area contributed by atoms with E-state index in [-0.39, 0.29) is 17.9 Å². The lowest BCUT2D eigenvalue weighted by atomic mass is 9.92. The van der Waals surface area contributed by atoms with Gasteiger partial charge in [0.25, 0.3) is 0 Å². The molecular weight excluding hydrogens is 461 g/mol. The van der Waals surface area contributed by atoms with Gasteiger partial charge in [-0.15, -0.1) is 0 Å². The van der Waals surface area contributed by atoms with Crippen LogP contribution in [0.2, 0.25) is 0 Å². The summed E-state index contributed by atoms with van der Waals surface area (Å²) in [7, 11) is 1.60. The summed E-state index contributed by atoms with van der Waals surface area (Å²) in [5, 5.41) is 10.3. The Hall–Kier alpha value is -3.88. The topological polar surface area (TPSA) is 88.5 Å². The first kappa shape index (κ1) is 26.7. The highest BCUT2D eigenvalue weighted by atomic mass is 19.1. The monoisotopic (exact) mass is 495 g/mol. The fourth-order valence-electron chi connectivity index (χ4n) is 3.48. The van der Waals surface area contributed by atoms with Crippen molar-refractivity contribution in [3.8, 4) is 11.4 Å². The average molecular weight is 496 g/mol. The number of nitrogens with one attached hydrogen (secondary N) is 2. The van der Waals surface area contributed by atoms with Gasteiger partial charge in [0.15, 0.2) is 0 Å². The number of hydrogen-bond donors (Lipinski definition) is 2.